The van der Waals surface area contributed by atoms with Gasteiger partial charge in [0, 0.05) is 11.1 Å². The van der Waals surface area contributed by atoms with Crippen molar-refractivity contribution in [3.8, 4) is 0 Å². The second kappa shape index (κ2) is 2.59. The first-order valence-corrected chi connectivity index (χ1v) is 4.05. The highest BCUT2D eigenvalue weighted by molar-refractivity contribution is 6.24. The number of amides is 2. The number of carbonyl (C=O) groups is 2. The fraction of sp³-hybridized carbons (Fsp3) is 0.333. The summed E-state index contributed by atoms with van der Waals surface area (Å²) in [7, 11) is 0. The Kier molecular flexibility index (Phi) is 1.57. The molecular formula is C9H9NO2. The van der Waals surface area contributed by atoms with E-state index in [1.807, 2.05) is 12.2 Å². The predicted octanol–water partition coefficient (Wildman–Crippen LogP) is 0.679. The van der Waals surface area contributed by atoms with E-state index in [-0.39, 0.29) is 11.8 Å². The first-order chi connectivity index (χ1) is 5.79. The largest absolute Gasteiger partial charge is 0.288 e. The van der Waals surface area contributed by atoms with Gasteiger partial charge >= 0.3 is 0 Å². The summed E-state index contributed by atoms with van der Waals surface area (Å²) in [5.74, 6) is -0.485. The normalized spacial score (nSPS) is 22.3. The molecule has 0 saturated carbocycles. The summed E-state index contributed by atoms with van der Waals surface area (Å²) in [6.45, 7) is 0. The van der Waals surface area contributed by atoms with Gasteiger partial charge in [0.15, 0.2) is 0 Å². The van der Waals surface area contributed by atoms with E-state index in [1.165, 1.54) is 0 Å². The zero-order valence-corrected chi connectivity index (χ0v) is 6.59. The van der Waals surface area contributed by atoms with E-state index in [9.17, 15) is 9.59 Å². The minimum absolute atomic E-state index is 0.242. The van der Waals surface area contributed by atoms with E-state index in [4.69, 9.17) is 0 Å². The summed E-state index contributed by atoms with van der Waals surface area (Å²) in [5.41, 5.74) is 1.13. The Balaban J connectivity index is 2.46. The Labute approximate surface area is 70.1 Å². The van der Waals surface area contributed by atoms with Crippen molar-refractivity contribution < 1.29 is 9.59 Å². The lowest BCUT2D eigenvalue weighted by Gasteiger charge is -1.89. The highest BCUT2D eigenvalue weighted by Gasteiger charge is 2.30. The molecule has 0 aromatic heterocycles. The topological polar surface area (TPSA) is 46.2 Å². The summed E-state index contributed by atoms with van der Waals surface area (Å²) in [6, 6.07) is 0. The van der Waals surface area contributed by atoms with Gasteiger partial charge in [-0.05, 0) is 19.3 Å². The zero-order valence-electron chi connectivity index (χ0n) is 6.59. The number of imide groups is 1. The number of hydrogen-bond acceptors (Lipinski definition) is 2. The number of rotatable bonds is 0. The number of hydrogen-bond donors (Lipinski definition) is 1. The van der Waals surface area contributed by atoms with Crippen LogP contribution in [0.5, 0.6) is 0 Å². The summed E-state index contributed by atoms with van der Waals surface area (Å²) >= 11 is 0. The molecule has 0 aromatic rings. The molecule has 62 valence electrons. The molecule has 1 heterocycles. The van der Waals surface area contributed by atoms with E-state index in [2.05, 4.69) is 5.32 Å². The highest BCUT2D eigenvalue weighted by Crippen LogP contribution is 2.22. The molecular weight excluding hydrogens is 154 g/mol. The van der Waals surface area contributed by atoms with Crippen molar-refractivity contribution in [2.24, 2.45) is 0 Å². The summed E-state index contributed by atoms with van der Waals surface area (Å²) in [4.78, 5) is 22.3. The minimum Gasteiger partial charge on any atom is -0.288 e. The van der Waals surface area contributed by atoms with Crippen LogP contribution in [0.3, 0.4) is 0 Å². The first kappa shape index (κ1) is 7.28. The van der Waals surface area contributed by atoms with Crippen LogP contribution >= 0.6 is 0 Å². The van der Waals surface area contributed by atoms with Crippen molar-refractivity contribution in [2.45, 2.75) is 19.3 Å². The summed E-state index contributed by atoms with van der Waals surface area (Å²) in [5, 5.41) is 2.27. The third-order valence-corrected chi connectivity index (χ3v) is 2.11. The van der Waals surface area contributed by atoms with Gasteiger partial charge in [-0.1, -0.05) is 12.2 Å². The molecule has 1 N–H and O–H groups in total. The second-order valence-electron chi connectivity index (χ2n) is 2.95. The van der Waals surface area contributed by atoms with Crippen molar-refractivity contribution in [2.75, 3.05) is 0 Å². The molecule has 1 fully saturated rings. The monoisotopic (exact) mass is 163 g/mol. The Morgan fingerprint density at radius 1 is 1.00 bits per heavy atom. The Hall–Kier alpha value is -1.38. The molecule has 1 aliphatic heterocycles. The van der Waals surface area contributed by atoms with Crippen molar-refractivity contribution in [3.63, 3.8) is 0 Å². The van der Waals surface area contributed by atoms with Crippen LogP contribution in [0.2, 0.25) is 0 Å². The summed E-state index contributed by atoms with van der Waals surface area (Å²) < 4.78 is 0. The first-order valence-electron chi connectivity index (χ1n) is 4.05. The van der Waals surface area contributed by atoms with Gasteiger partial charge in [-0.15, -0.1) is 0 Å². The molecule has 0 spiro atoms. The maximum absolute atomic E-state index is 11.1. The Morgan fingerprint density at radius 2 is 1.50 bits per heavy atom. The van der Waals surface area contributed by atoms with E-state index in [1.54, 1.807) is 0 Å². The highest BCUT2D eigenvalue weighted by atomic mass is 16.2. The van der Waals surface area contributed by atoms with Crippen molar-refractivity contribution in [3.05, 3.63) is 23.3 Å². The van der Waals surface area contributed by atoms with Crippen LogP contribution in [0.25, 0.3) is 0 Å². The maximum Gasteiger partial charge on any atom is 0.258 e. The average molecular weight is 163 g/mol. The van der Waals surface area contributed by atoms with Crippen LogP contribution in [-0.2, 0) is 9.59 Å². The van der Waals surface area contributed by atoms with Crippen LogP contribution in [0, 0.1) is 0 Å². The number of nitrogens with one attached hydrogen (secondary N) is 1. The van der Waals surface area contributed by atoms with E-state index in [0.29, 0.717) is 11.1 Å². The van der Waals surface area contributed by atoms with Crippen molar-refractivity contribution in [1.82, 2.24) is 5.32 Å². The molecule has 2 rings (SSSR count). The Morgan fingerprint density at radius 3 is 2.00 bits per heavy atom. The molecule has 1 aliphatic carbocycles. The minimum atomic E-state index is -0.242. The van der Waals surface area contributed by atoms with Gasteiger partial charge in [-0.3, -0.25) is 14.9 Å². The number of allylic oxidation sites excluding steroid dienone is 2. The van der Waals surface area contributed by atoms with Crippen LogP contribution in [0.15, 0.2) is 23.3 Å². The Bertz CT molecular complexity index is 282. The standard InChI is InChI=1S/C9H9NO2/c11-8-6-4-2-1-3-5-7(6)9(12)10-8/h4-5H,1-3H2,(H,10,11,12). The molecule has 3 nitrogen and oxygen atoms in total. The van der Waals surface area contributed by atoms with Gasteiger partial charge in [0.2, 0.25) is 0 Å². The van der Waals surface area contributed by atoms with E-state index in [0.717, 1.165) is 19.3 Å². The molecule has 3 heteroatoms. The van der Waals surface area contributed by atoms with Crippen LogP contribution in [-0.4, -0.2) is 11.8 Å². The van der Waals surface area contributed by atoms with Gasteiger partial charge in [-0.2, -0.15) is 0 Å². The molecule has 0 bridgehead atoms. The quantitative estimate of drug-likeness (QED) is 0.534. The van der Waals surface area contributed by atoms with Gasteiger partial charge in [0.25, 0.3) is 11.8 Å². The molecule has 2 amide bonds. The fourth-order valence-electron chi connectivity index (χ4n) is 1.50. The molecule has 0 unspecified atom stereocenters. The summed E-state index contributed by atoms with van der Waals surface area (Å²) in [6.07, 6.45) is 6.48. The fourth-order valence-corrected chi connectivity index (χ4v) is 1.50. The molecule has 2 aliphatic rings. The zero-order chi connectivity index (χ0) is 8.55. The molecule has 12 heavy (non-hydrogen) atoms. The van der Waals surface area contributed by atoms with Crippen molar-refractivity contribution >= 4 is 11.8 Å². The molecule has 0 radical (unpaired) electrons. The lowest BCUT2D eigenvalue weighted by molar-refractivity contribution is -0.123. The molecule has 1 saturated heterocycles. The smallest absolute Gasteiger partial charge is 0.258 e. The van der Waals surface area contributed by atoms with E-state index >= 15 is 0 Å². The SMILES string of the molecule is O=C1NC(=O)C2=CCCCC=C12. The average Bonchev–Trinajstić information content (AvgIpc) is 2.29. The lowest BCUT2D eigenvalue weighted by Crippen LogP contribution is -2.20. The number of carbonyl (C=O) groups excluding carboxylic acids is 2. The van der Waals surface area contributed by atoms with E-state index < -0.39 is 0 Å². The second-order valence-corrected chi connectivity index (χ2v) is 2.95. The third-order valence-electron chi connectivity index (χ3n) is 2.11. The third kappa shape index (κ3) is 0.978. The van der Waals surface area contributed by atoms with Crippen LogP contribution < -0.4 is 5.32 Å². The van der Waals surface area contributed by atoms with Crippen molar-refractivity contribution in [1.29, 1.82) is 0 Å². The van der Waals surface area contributed by atoms with Crippen LogP contribution in [0.4, 0.5) is 0 Å². The maximum atomic E-state index is 11.1. The lowest BCUT2D eigenvalue weighted by atomic mass is 10.1. The predicted molar refractivity (Wildman–Crippen MR) is 43.2 cm³/mol. The number of fused-ring (bicyclic) bond motifs is 1. The molecule has 0 aromatic carbocycles. The van der Waals surface area contributed by atoms with Gasteiger partial charge in [0.1, 0.15) is 0 Å². The molecule has 0 atom stereocenters. The van der Waals surface area contributed by atoms with Gasteiger partial charge in [-0.25, -0.2) is 0 Å². The van der Waals surface area contributed by atoms with Gasteiger partial charge < -0.3 is 0 Å². The van der Waals surface area contributed by atoms with Crippen LogP contribution in [0.1, 0.15) is 19.3 Å². The van der Waals surface area contributed by atoms with Gasteiger partial charge in [0.05, 0.1) is 0 Å².